The highest BCUT2D eigenvalue weighted by Gasteiger charge is 2.42. The van der Waals surface area contributed by atoms with Gasteiger partial charge in [-0.1, -0.05) is 37.6 Å². The first-order valence-electron chi connectivity index (χ1n) is 14.9. The van der Waals surface area contributed by atoms with Crippen LogP contribution in [0.4, 0.5) is 11.4 Å². The molecular formula is C35H40ClN5S. The summed E-state index contributed by atoms with van der Waals surface area (Å²) in [5.74, 6) is 1.30. The van der Waals surface area contributed by atoms with Crippen LogP contribution in [0.1, 0.15) is 66.1 Å². The molecule has 5 nitrogen and oxygen atoms in total. The largest absolute Gasteiger partial charge is 0.370 e. The lowest BCUT2D eigenvalue weighted by molar-refractivity contribution is 0.357. The number of halogens is 1. The average molecular weight is 598 g/mol. The van der Waals surface area contributed by atoms with E-state index >= 15 is 0 Å². The standard InChI is InChI=1S/C35H40ClN5S/c1-21-13-22(2)16-28(15-21)40-25(5)17-29(26(40)6)34-33(31-9-7-8-12-37-31)38-35(42)41(34)27-10-11-32(30(36)18-27)39-19-23(3)14-24(4)20-39/h7-13,15-18,23-24,33-34H,14,19-20H2,1-6H3,(H,38,42)/t23-,24+,33-,34-/m1/s1. The van der Waals surface area contributed by atoms with Crippen LogP contribution < -0.4 is 15.1 Å². The zero-order chi connectivity index (χ0) is 29.7. The smallest absolute Gasteiger partial charge is 0.174 e. The van der Waals surface area contributed by atoms with E-state index in [-0.39, 0.29) is 12.1 Å². The van der Waals surface area contributed by atoms with Gasteiger partial charge >= 0.3 is 0 Å². The number of nitrogens with zero attached hydrogens (tertiary/aromatic N) is 4. The first-order valence-corrected chi connectivity index (χ1v) is 15.7. The lowest BCUT2D eigenvalue weighted by Gasteiger charge is -2.37. The number of anilines is 2. The van der Waals surface area contributed by atoms with Gasteiger partial charge in [-0.3, -0.25) is 4.98 Å². The molecule has 218 valence electrons. The van der Waals surface area contributed by atoms with Gasteiger partial charge in [0.25, 0.3) is 0 Å². The minimum absolute atomic E-state index is 0.102. The first kappa shape index (κ1) is 28.8. The highest BCUT2D eigenvalue weighted by atomic mass is 35.5. The quantitative estimate of drug-likeness (QED) is 0.234. The molecule has 4 atom stereocenters. The van der Waals surface area contributed by atoms with Crippen molar-refractivity contribution >= 4 is 40.3 Å². The molecule has 4 heterocycles. The number of piperidine rings is 1. The van der Waals surface area contributed by atoms with Gasteiger partial charge in [-0.2, -0.15) is 0 Å². The van der Waals surface area contributed by atoms with E-state index in [0.717, 1.165) is 35.2 Å². The first-order chi connectivity index (χ1) is 20.1. The maximum Gasteiger partial charge on any atom is 0.174 e. The highest BCUT2D eigenvalue weighted by Crippen LogP contribution is 2.45. The van der Waals surface area contributed by atoms with Crippen LogP contribution in [0, 0.1) is 39.5 Å². The van der Waals surface area contributed by atoms with Gasteiger partial charge in [-0.05, 0) is 123 Å². The molecule has 2 aliphatic heterocycles. The normalized spacial score (nSPS) is 22.5. The number of pyridine rings is 1. The molecule has 0 radical (unpaired) electrons. The minimum Gasteiger partial charge on any atom is -0.370 e. The predicted molar refractivity (Wildman–Crippen MR) is 179 cm³/mol. The average Bonchev–Trinajstić information content (AvgIpc) is 3.42. The molecule has 2 aromatic carbocycles. The molecule has 2 fully saturated rings. The fourth-order valence-corrected chi connectivity index (χ4v) is 7.92. The Labute approximate surface area is 260 Å². The highest BCUT2D eigenvalue weighted by molar-refractivity contribution is 7.80. The van der Waals surface area contributed by atoms with E-state index in [1.165, 1.54) is 40.2 Å². The van der Waals surface area contributed by atoms with Crippen molar-refractivity contribution in [2.45, 2.75) is 60.0 Å². The number of benzene rings is 2. The van der Waals surface area contributed by atoms with Gasteiger partial charge in [0, 0.05) is 42.0 Å². The van der Waals surface area contributed by atoms with Crippen LogP contribution >= 0.6 is 23.8 Å². The molecule has 7 heteroatoms. The monoisotopic (exact) mass is 597 g/mol. The molecule has 0 spiro atoms. The molecular weight excluding hydrogens is 558 g/mol. The van der Waals surface area contributed by atoms with Gasteiger partial charge in [0.15, 0.2) is 5.11 Å². The van der Waals surface area contributed by atoms with Gasteiger partial charge in [0.1, 0.15) is 0 Å². The Morgan fingerprint density at radius 3 is 2.24 bits per heavy atom. The van der Waals surface area contributed by atoms with Crippen molar-refractivity contribution in [1.82, 2.24) is 14.9 Å². The molecule has 2 aliphatic rings. The van der Waals surface area contributed by atoms with E-state index in [1.807, 2.05) is 18.3 Å². The molecule has 0 saturated carbocycles. The maximum atomic E-state index is 7.05. The molecule has 0 aliphatic carbocycles. The van der Waals surface area contributed by atoms with Crippen LogP contribution in [0.5, 0.6) is 0 Å². The summed E-state index contributed by atoms with van der Waals surface area (Å²) in [6, 6.07) is 21.3. The zero-order valence-corrected chi connectivity index (χ0v) is 26.9. The van der Waals surface area contributed by atoms with Gasteiger partial charge in [-0.15, -0.1) is 0 Å². The van der Waals surface area contributed by atoms with Gasteiger partial charge < -0.3 is 19.7 Å². The maximum absolute atomic E-state index is 7.05. The molecule has 2 aromatic heterocycles. The summed E-state index contributed by atoms with van der Waals surface area (Å²) in [5, 5.41) is 5.06. The van der Waals surface area contributed by atoms with Crippen molar-refractivity contribution < 1.29 is 0 Å². The summed E-state index contributed by atoms with van der Waals surface area (Å²) >= 11 is 13.1. The zero-order valence-electron chi connectivity index (χ0n) is 25.4. The van der Waals surface area contributed by atoms with Crippen molar-refractivity contribution in [3.05, 3.63) is 106 Å². The molecule has 4 aromatic rings. The Kier molecular flexibility index (Phi) is 7.79. The third-order valence-corrected chi connectivity index (χ3v) is 9.39. The Balaban J connectivity index is 1.45. The van der Waals surface area contributed by atoms with Crippen LogP contribution in [-0.2, 0) is 0 Å². The molecule has 42 heavy (non-hydrogen) atoms. The number of thiocarbonyl (C=S) groups is 1. The number of hydrogen-bond donors (Lipinski definition) is 1. The molecule has 0 bridgehead atoms. The van der Waals surface area contributed by atoms with Crippen molar-refractivity contribution in [3.8, 4) is 5.69 Å². The molecule has 2 saturated heterocycles. The van der Waals surface area contributed by atoms with Crippen molar-refractivity contribution in [2.75, 3.05) is 22.9 Å². The van der Waals surface area contributed by atoms with Crippen LogP contribution in [0.2, 0.25) is 5.02 Å². The van der Waals surface area contributed by atoms with Crippen LogP contribution in [-0.4, -0.2) is 27.8 Å². The van der Waals surface area contributed by atoms with Crippen LogP contribution in [0.15, 0.2) is 66.9 Å². The third-order valence-electron chi connectivity index (χ3n) is 8.77. The fraction of sp³-hybridized carbons (Fsp3) is 0.371. The summed E-state index contributed by atoms with van der Waals surface area (Å²) < 4.78 is 2.36. The lowest BCUT2D eigenvalue weighted by Crippen LogP contribution is -2.38. The van der Waals surface area contributed by atoms with Gasteiger partial charge in [0.2, 0.25) is 0 Å². The second kappa shape index (κ2) is 11.4. The molecule has 0 amide bonds. The van der Waals surface area contributed by atoms with E-state index in [2.05, 4.69) is 110 Å². The number of hydrogen-bond acceptors (Lipinski definition) is 3. The number of rotatable bonds is 5. The Morgan fingerprint density at radius 1 is 0.881 bits per heavy atom. The summed E-state index contributed by atoms with van der Waals surface area (Å²) in [7, 11) is 0. The minimum atomic E-state index is -0.117. The van der Waals surface area contributed by atoms with Crippen LogP contribution in [0.25, 0.3) is 5.69 Å². The SMILES string of the molecule is Cc1cc(C)cc(-n2c(C)cc([C@@H]3[C@@H](c4ccccn4)NC(=S)N3c3ccc(N4C[C@H](C)C[C@H](C)C4)c(Cl)c3)c2C)c1. The van der Waals surface area contributed by atoms with Crippen molar-refractivity contribution in [3.63, 3.8) is 0 Å². The van der Waals surface area contributed by atoms with Crippen molar-refractivity contribution in [2.24, 2.45) is 11.8 Å². The van der Waals surface area contributed by atoms with Crippen molar-refractivity contribution in [1.29, 1.82) is 0 Å². The number of aryl methyl sites for hydroxylation is 3. The van der Waals surface area contributed by atoms with E-state index in [0.29, 0.717) is 16.9 Å². The van der Waals surface area contributed by atoms with E-state index < -0.39 is 0 Å². The molecule has 0 unspecified atom stereocenters. The summed E-state index contributed by atoms with van der Waals surface area (Å²) in [5.41, 5.74) is 10.3. The Bertz CT molecular complexity index is 1600. The number of aromatic nitrogens is 2. The fourth-order valence-electron chi connectivity index (χ4n) is 7.27. The Morgan fingerprint density at radius 2 is 1.60 bits per heavy atom. The summed E-state index contributed by atoms with van der Waals surface area (Å²) in [6.45, 7) is 15.4. The Hall–Kier alpha value is -3.35. The van der Waals surface area contributed by atoms with E-state index in [1.54, 1.807) is 0 Å². The second-order valence-electron chi connectivity index (χ2n) is 12.5. The van der Waals surface area contributed by atoms with Gasteiger partial charge in [-0.25, -0.2) is 0 Å². The van der Waals surface area contributed by atoms with E-state index in [4.69, 9.17) is 28.8 Å². The summed E-state index contributed by atoms with van der Waals surface area (Å²) in [6.07, 6.45) is 3.11. The predicted octanol–water partition coefficient (Wildman–Crippen LogP) is 8.42. The topological polar surface area (TPSA) is 36.3 Å². The van der Waals surface area contributed by atoms with Crippen LogP contribution in [0.3, 0.4) is 0 Å². The summed E-state index contributed by atoms with van der Waals surface area (Å²) in [4.78, 5) is 9.44. The molecule has 6 rings (SSSR count). The molecule has 1 N–H and O–H groups in total. The van der Waals surface area contributed by atoms with Gasteiger partial charge in [0.05, 0.1) is 28.5 Å². The second-order valence-corrected chi connectivity index (χ2v) is 13.3. The lowest BCUT2D eigenvalue weighted by atomic mass is 9.91. The number of nitrogens with one attached hydrogen (secondary N) is 1. The van der Waals surface area contributed by atoms with E-state index in [9.17, 15) is 0 Å². The third kappa shape index (κ3) is 5.31.